The lowest BCUT2D eigenvalue weighted by molar-refractivity contribution is 0.251. The Morgan fingerprint density at radius 1 is 1.56 bits per heavy atom. The molecule has 1 nitrogen and oxygen atoms in total. The highest BCUT2D eigenvalue weighted by Gasteiger charge is 2.16. The van der Waals surface area contributed by atoms with Crippen LogP contribution in [0, 0.1) is 12.3 Å². The summed E-state index contributed by atoms with van der Waals surface area (Å²) in [4.78, 5) is 0. The van der Waals surface area contributed by atoms with Gasteiger partial charge in [-0.1, -0.05) is 25.6 Å². The molecule has 0 radical (unpaired) electrons. The zero-order valence-corrected chi connectivity index (χ0v) is 7.31. The number of aliphatic hydroxyl groups is 1. The first-order chi connectivity index (χ1) is 3.95. The van der Waals surface area contributed by atoms with Crippen LogP contribution in [0.5, 0.6) is 0 Å². The molecular weight excluding hydrogens is 128 g/mol. The predicted octanol–water partition coefficient (Wildman–Crippen LogP) is 1.32. The SMILES string of the molecule is C#CC(O)C[Si](C)(C)C. The lowest BCUT2D eigenvalue weighted by Crippen LogP contribution is -2.25. The summed E-state index contributed by atoms with van der Waals surface area (Å²) in [5.41, 5.74) is 0. The van der Waals surface area contributed by atoms with E-state index in [2.05, 4.69) is 25.6 Å². The van der Waals surface area contributed by atoms with Crippen LogP contribution in [0.15, 0.2) is 0 Å². The molecular formula is C7H14OSi. The number of hydrogen-bond acceptors (Lipinski definition) is 1. The van der Waals surface area contributed by atoms with E-state index in [1.54, 1.807) is 0 Å². The van der Waals surface area contributed by atoms with Gasteiger partial charge in [0.1, 0.15) is 6.10 Å². The average molecular weight is 142 g/mol. The number of aliphatic hydroxyl groups excluding tert-OH is 1. The van der Waals surface area contributed by atoms with E-state index in [0.717, 1.165) is 6.04 Å². The van der Waals surface area contributed by atoms with Gasteiger partial charge in [-0.25, -0.2) is 0 Å². The Bertz CT molecular complexity index is 118. The van der Waals surface area contributed by atoms with E-state index in [4.69, 9.17) is 11.5 Å². The Kier molecular flexibility index (Phi) is 2.96. The van der Waals surface area contributed by atoms with Crippen molar-refractivity contribution in [2.75, 3.05) is 0 Å². The quantitative estimate of drug-likeness (QED) is 0.455. The van der Waals surface area contributed by atoms with Crippen molar-refractivity contribution >= 4 is 8.07 Å². The van der Waals surface area contributed by atoms with E-state index in [0.29, 0.717) is 0 Å². The fourth-order valence-electron chi connectivity index (χ4n) is 0.639. The summed E-state index contributed by atoms with van der Waals surface area (Å²) in [5, 5.41) is 8.99. The summed E-state index contributed by atoms with van der Waals surface area (Å²) >= 11 is 0. The molecule has 1 N–H and O–H groups in total. The third kappa shape index (κ3) is 5.61. The van der Waals surface area contributed by atoms with Gasteiger partial charge in [0.2, 0.25) is 0 Å². The van der Waals surface area contributed by atoms with Gasteiger partial charge in [0.05, 0.1) is 0 Å². The summed E-state index contributed by atoms with van der Waals surface area (Å²) < 4.78 is 0. The van der Waals surface area contributed by atoms with E-state index in [1.807, 2.05) is 0 Å². The summed E-state index contributed by atoms with van der Waals surface area (Å²) in [6.07, 6.45) is 4.48. The van der Waals surface area contributed by atoms with Gasteiger partial charge in [0.25, 0.3) is 0 Å². The molecule has 0 saturated heterocycles. The lowest BCUT2D eigenvalue weighted by Gasteiger charge is -2.16. The van der Waals surface area contributed by atoms with Crippen molar-refractivity contribution in [2.24, 2.45) is 0 Å². The third-order valence-corrected chi connectivity index (χ3v) is 2.61. The van der Waals surface area contributed by atoms with Gasteiger partial charge in [-0.15, -0.1) is 6.42 Å². The minimum Gasteiger partial charge on any atom is -0.381 e. The van der Waals surface area contributed by atoms with Crippen LogP contribution < -0.4 is 0 Å². The molecule has 0 saturated carbocycles. The van der Waals surface area contributed by atoms with Gasteiger partial charge in [0, 0.05) is 8.07 Å². The normalized spacial score (nSPS) is 14.6. The van der Waals surface area contributed by atoms with E-state index in [-0.39, 0.29) is 0 Å². The summed E-state index contributed by atoms with van der Waals surface area (Å²) in [6.45, 7) is 6.56. The van der Waals surface area contributed by atoms with E-state index < -0.39 is 14.2 Å². The molecule has 0 aliphatic carbocycles. The van der Waals surface area contributed by atoms with Gasteiger partial charge in [-0.3, -0.25) is 0 Å². The van der Waals surface area contributed by atoms with E-state index >= 15 is 0 Å². The summed E-state index contributed by atoms with van der Waals surface area (Å²) in [7, 11) is -1.13. The number of hydrogen-bond donors (Lipinski definition) is 1. The molecule has 0 heterocycles. The zero-order chi connectivity index (χ0) is 7.49. The minimum atomic E-state index is -1.13. The van der Waals surface area contributed by atoms with Crippen LogP contribution in [0.3, 0.4) is 0 Å². The van der Waals surface area contributed by atoms with Gasteiger partial charge >= 0.3 is 0 Å². The van der Waals surface area contributed by atoms with E-state index in [1.165, 1.54) is 0 Å². The predicted molar refractivity (Wildman–Crippen MR) is 43.0 cm³/mol. The topological polar surface area (TPSA) is 20.2 Å². The molecule has 0 amide bonds. The van der Waals surface area contributed by atoms with Crippen molar-refractivity contribution in [1.82, 2.24) is 0 Å². The Balaban J connectivity index is 3.63. The Morgan fingerprint density at radius 2 is 2.00 bits per heavy atom. The fraction of sp³-hybridized carbons (Fsp3) is 0.714. The lowest BCUT2D eigenvalue weighted by atomic mass is 10.4. The molecule has 1 unspecified atom stereocenters. The van der Waals surface area contributed by atoms with Crippen LogP contribution in [0.4, 0.5) is 0 Å². The van der Waals surface area contributed by atoms with Crippen molar-refractivity contribution in [3.05, 3.63) is 0 Å². The molecule has 0 aromatic heterocycles. The number of terminal acetylenes is 1. The van der Waals surface area contributed by atoms with Crippen molar-refractivity contribution in [1.29, 1.82) is 0 Å². The molecule has 0 bridgehead atoms. The van der Waals surface area contributed by atoms with Crippen molar-refractivity contribution < 1.29 is 5.11 Å². The van der Waals surface area contributed by atoms with Crippen molar-refractivity contribution in [2.45, 2.75) is 31.8 Å². The molecule has 0 fully saturated rings. The first-order valence-electron chi connectivity index (χ1n) is 3.10. The molecule has 1 atom stereocenters. The van der Waals surface area contributed by atoms with Crippen LogP contribution in [-0.2, 0) is 0 Å². The molecule has 0 spiro atoms. The Morgan fingerprint density at radius 3 is 2.11 bits per heavy atom. The largest absolute Gasteiger partial charge is 0.381 e. The van der Waals surface area contributed by atoms with E-state index in [9.17, 15) is 0 Å². The summed E-state index contributed by atoms with van der Waals surface area (Å²) in [5.74, 6) is 2.31. The molecule has 52 valence electrons. The second-order valence-electron chi connectivity index (χ2n) is 3.45. The molecule has 0 aromatic carbocycles. The number of rotatable bonds is 2. The molecule has 0 aromatic rings. The maximum atomic E-state index is 8.99. The molecule has 2 heteroatoms. The maximum absolute atomic E-state index is 8.99. The van der Waals surface area contributed by atoms with Gasteiger partial charge in [-0.05, 0) is 6.04 Å². The highest BCUT2D eigenvalue weighted by atomic mass is 28.3. The van der Waals surface area contributed by atoms with Crippen LogP contribution in [-0.4, -0.2) is 19.3 Å². The average Bonchev–Trinajstić information content (AvgIpc) is 1.62. The van der Waals surface area contributed by atoms with Crippen LogP contribution in [0.2, 0.25) is 25.7 Å². The second-order valence-corrected chi connectivity index (χ2v) is 8.98. The summed E-state index contributed by atoms with van der Waals surface area (Å²) in [6, 6.07) is 0.809. The Hall–Kier alpha value is -0.263. The highest BCUT2D eigenvalue weighted by molar-refractivity contribution is 6.76. The first-order valence-corrected chi connectivity index (χ1v) is 6.80. The minimum absolute atomic E-state index is 0.517. The van der Waals surface area contributed by atoms with Crippen LogP contribution in [0.25, 0.3) is 0 Å². The van der Waals surface area contributed by atoms with Crippen LogP contribution >= 0.6 is 0 Å². The van der Waals surface area contributed by atoms with Gasteiger partial charge in [0.15, 0.2) is 0 Å². The van der Waals surface area contributed by atoms with Crippen molar-refractivity contribution in [3.63, 3.8) is 0 Å². The first kappa shape index (κ1) is 8.74. The van der Waals surface area contributed by atoms with Crippen molar-refractivity contribution in [3.8, 4) is 12.3 Å². The van der Waals surface area contributed by atoms with Gasteiger partial charge < -0.3 is 5.11 Å². The monoisotopic (exact) mass is 142 g/mol. The van der Waals surface area contributed by atoms with Crippen LogP contribution in [0.1, 0.15) is 0 Å². The molecule has 0 aliphatic rings. The fourth-order valence-corrected chi connectivity index (χ4v) is 1.92. The molecule has 0 aliphatic heterocycles. The zero-order valence-electron chi connectivity index (χ0n) is 6.31. The third-order valence-electron chi connectivity index (χ3n) is 0.998. The van der Waals surface area contributed by atoms with Gasteiger partial charge in [-0.2, -0.15) is 0 Å². The Labute approximate surface area is 58.1 Å². The second kappa shape index (κ2) is 3.05. The molecule has 9 heavy (non-hydrogen) atoms. The molecule has 0 rings (SSSR count). The standard InChI is InChI=1S/C7H14OSi/c1-5-7(8)6-9(2,3)4/h1,7-8H,6H2,2-4H3. The highest BCUT2D eigenvalue weighted by Crippen LogP contribution is 2.10. The smallest absolute Gasteiger partial charge is 0.112 e. The maximum Gasteiger partial charge on any atom is 0.112 e.